The van der Waals surface area contributed by atoms with Gasteiger partial charge < -0.3 is 19.6 Å². The van der Waals surface area contributed by atoms with Crippen LogP contribution in [-0.2, 0) is 5.41 Å². The molecule has 0 saturated carbocycles. The predicted molar refractivity (Wildman–Crippen MR) is 318 cm³/mol. The Kier molecular flexibility index (Phi) is 9.40. The van der Waals surface area contributed by atoms with Crippen molar-refractivity contribution in [1.29, 1.82) is 0 Å². The maximum Gasteiger partial charge on any atom is 0.0699 e. The average molecular weight is 961 g/mol. The van der Waals surface area contributed by atoms with E-state index in [4.69, 9.17) is 0 Å². The van der Waals surface area contributed by atoms with Crippen molar-refractivity contribution >= 4 is 89.2 Å². The number of anilines is 10. The third kappa shape index (κ3) is 6.42. The van der Waals surface area contributed by atoms with E-state index < -0.39 is 0 Å². The van der Waals surface area contributed by atoms with E-state index in [9.17, 15) is 0 Å². The fourth-order valence-corrected chi connectivity index (χ4v) is 13.0. The Morgan fingerprint density at radius 3 is 1.24 bits per heavy atom. The zero-order valence-corrected chi connectivity index (χ0v) is 42.4. The topological polar surface area (TPSA) is 13.0 Å². The minimum Gasteiger partial charge on any atom is -0.341 e. The van der Waals surface area contributed by atoms with Crippen LogP contribution in [-0.4, -0.2) is 14.1 Å². The minimum absolute atomic E-state index is 0.0421. The lowest BCUT2D eigenvalue weighted by Gasteiger charge is -2.39. The molecule has 0 aromatic heterocycles. The molecular formula is C71H52N4. The highest BCUT2D eigenvalue weighted by atomic mass is 15.3. The molecule has 0 amide bonds. The molecule has 0 bridgehead atoms. The number of hydrogen-bond acceptors (Lipinski definition) is 4. The number of para-hydroxylation sites is 8. The Bertz CT molecular complexity index is 4240. The summed E-state index contributed by atoms with van der Waals surface area (Å²) in [6, 6.07) is 90.6. The second kappa shape index (κ2) is 16.3. The molecule has 0 atom stereocenters. The molecule has 4 nitrogen and oxygen atoms in total. The molecule has 4 heteroatoms. The van der Waals surface area contributed by atoms with Gasteiger partial charge in [-0.1, -0.05) is 172 Å². The number of rotatable bonds is 5. The van der Waals surface area contributed by atoms with Gasteiger partial charge in [0.15, 0.2) is 0 Å². The second-order valence-corrected chi connectivity index (χ2v) is 21.0. The molecule has 75 heavy (non-hydrogen) atoms. The van der Waals surface area contributed by atoms with Crippen LogP contribution in [0.15, 0.2) is 243 Å². The van der Waals surface area contributed by atoms with Gasteiger partial charge in [0.25, 0.3) is 0 Å². The molecule has 0 fully saturated rings. The van der Waals surface area contributed by atoms with Gasteiger partial charge in [-0.2, -0.15) is 0 Å². The van der Waals surface area contributed by atoms with Gasteiger partial charge in [-0.15, -0.1) is 0 Å². The van der Waals surface area contributed by atoms with Gasteiger partial charge in [0, 0.05) is 30.9 Å². The third-order valence-corrected chi connectivity index (χ3v) is 16.7. The third-order valence-electron chi connectivity index (χ3n) is 16.7. The van der Waals surface area contributed by atoms with Crippen molar-refractivity contribution in [2.75, 3.05) is 33.7 Å². The first kappa shape index (κ1) is 43.2. The van der Waals surface area contributed by atoms with E-state index in [0.717, 1.165) is 34.1 Å². The van der Waals surface area contributed by atoms with E-state index in [0.29, 0.717) is 0 Å². The van der Waals surface area contributed by atoms with Gasteiger partial charge in [-0.3, -0.25) is 0 Å². The Balaban J connectivity index is 1.00. The Morgan fingerprint density at radius 1 is 0.280 bits per heavy atom. The summed E-state index contributed by atoms with van der Waals surface area (Å²) >= 11 is 0. The van der Waals surface area contributed by atoms with Crippen LogP contribution in [0, 0.1) is 0 Å². The molecule has 1 aliphatic carbocycles. The molecule has 3 aliphatic rings. The van der Waals surface area contributed by atoms with Crippen molar-refractivity contribution in [3.8, 4) is 44.5 Å². The SMILES string of the molecule is CN1c2ccccc2N(c2ccc3c(-c4ccc5ccccc5c4)c4cc(N5c6ccccc6N(C)c6ccccc65)ccc4c(-c4ccc(-c5ccc6c(c5)-c5ccccc5C6(C)C)cc4)c3c2)c2ccccc21. The minimum atomic E-state index is -0.0421. The van der Waals surface area contributed by atoms with Crippen LogP contribution in [0.3, 0.4) is 0 Å². The summed E-state index contributed by atoms with van der Waals surface area (Å²) in [5.74, 6) is 0. The fraction of sp³-hybridized carbons (Fsp3) is 0.0704. The monoisotopic (exact) mass is 960 g/mol. The van der Waals surface area contributed by atoms with E-state index in [1.165, 1.54) is 111 Å². The van der Waals surface area contributed by atoms with Gasteiger partial charge in [0.2, 0.25) is 0 Å². The lowest BCUT2D eigenvalue weighted by atomic mass is 9.82. The number of nitrogens with zero attached hydrogens (tertiary/aromatic N) is 4. The van der Waals surface area contributed by atoms with Crippen LogP contribution in [0.1, 0.15) is 25.0 Å². The van der Waals surface area contributed by atoms with Crippen molar-refractivity contribution in [3.05, 3.63) is 254 Å². The van der Waals surface area contributed by atoms with Gasteiger partial charge in [-0.05, 0) is 173 Å². The van der Waals surface area contributed by atoms with Crippen molar-refractivity contribution in [3.63, 3.8) is 0 Å². The molecule has 0 saturated heterocycles. The van der Waals surface area contributed by atoms with Crippen molar-refractivity contribution < 1.29 is 0 Å². The van der Waals surface area contributed by atoms with Crippen molar-refractivity contribution in [2.24, 2.45) is 0 Å². The molecule has 2 aliphatic heterocycles. The Hall–Kier alpha value is -9.38. The molecule has 15 rings (SSSR count). The lowest BCUT2D eigenvalue weighted by Crippen LogP contribution is -2.24. The number of benzene rings is 12. The Morgan fingerprint density at radius 2 is 0.693 bits per heavy atom. The van der Waals surface area contributed by atoms with Crippen LogP contribution in [0.4, 0.5) is 56.9 Å². The van der Waals surface area contributed by atoms with E-state index >= 15 is 0 Å². The molecule has 356 valence electrons. The highest BCUT2D eigenvalue weighted by molar-refractivity contribution is 6.23. The second-order valence-electron chi connectivity index (χ2n) is 21.0. The Labute approximate surface area is 438 Å². The molecule has 12 aromatic carbocycles. The highest BCUT2D eigenvalue weighted by Gasteiger charge is 2.36. The normalized spacial score (nSPS) is 13.9. The molecular weight excluding hydrogens is 909 g/mol. The number of fused-ring (bicyclic) bond motifs is 10. The molecule has 2 heterocycles. The van der Waals surface area contributed by atoms with Crippen molar-refractivity contribution in [2.45, 2.75) is 19.3 Å². The largest absolute Gasteiger partial charge is 0.341 e. The average Bonchev–Trinajstić information content (AvgIpc) is 3.70. The van der Waals surface area contributed by atoms with E-state index in [2.05, 4.69) is 290 Å². The summed E-state index contributed by atoms with van der Waals surface area (Å²) in [5.41, 5.74) is 24.1. The van der Waals surface area contributed by atoms with Crippen LogP contribution in [0.25, 0.3) is 76.8 Å². The first-order chi connectivity index (χ1) is 36.8. The quantitative estimate of drug-likeness (QED) is 0.159. The van der Waals surface area contributed by atoms with E-state index in [1.807, 2.05) is 0 Å². The summed E-state index contributed by atoms with van der Waals surface area (Å²) in [6.45, 7) is 4.70. The summed E-state index contributed by atoms with van der Waals surface area (Å²) in [7, 11) is 4.35. The first-order valence-corrected chi connectivity index (χ1v) is 26.1. The molecule has 12 aromatic rings. The fourth-order valence-electron chi connectivity index (χ4n) is 13.0. The first-order valence-electron chi connectivity index (χ1n) is 26.1. The van der Waals surface area contributed by atoms with E-state index in [-0.39, 0.29) is 5.41 Å². The smallest absolute Gasteiger partial charge is 0.0699 e. The van der Waals surface area contributed by atoms with E-state index in [1.54, 1.807) is 0 Å². The zero-order valence-electron chi connectivity index (χ0n) is 42.4. The van der Waals surface area contributed by atoms with Gasteiger partial charge in [-0.25, -0.2) is 0 Å². The summed E-state index contributed by atoms with van der Waals surface area (Å²) in [6.07, 6.45) is 0. The summed E-state index contributed by atoms with van der Waals surface area (Å²) < 4.78 is 0. The standard InChI is InChI=1S/C71H52N4/c1-71(2)59-20-8-7-19-53(59)56-42-49(35-40-60(56)71)46-29-32-47(33-30-46)69-54-38-36-52(75-67-27-15-11-23-63(67)73(4)64-24-12-16-28-68(64)75)44-58(54)70(50-34-31-45-17-5-6-18-48(45)41-50)55-39-37-51(43-57(55)69)74-65-25-13-9-21-61(65)72(3)62-22-10-14-26-66(62)74/h5-44H,1-4H3. The summed E-state index contributed by atoms with van der Waals surface area (Å²) in [4.78, 5) is 9.54. The molecule has 0 N–H and O–H groups in total. The van der Waals surface area contributed by atoms with Crippen LogP contribution >= 0.6 is 0 Å². The lowest BCUT2D eigenvalue weighted by molar-refractivity contribution is 0.660. The maximum absolute atomic E-state index is 2.46. The predicted octanol–water partition coefficient (Wildman–Crippen LogP) is 19.6. The van der Waals surface area contributed by atoms with Crippen LogP contribution in [0.5, 0.6) is 0 Å². The zero-order chi connectivity index (χ0) is 50.1. The molecule has 0 radical (unpaired) electrons. The summed E-state index contributed by atoms with van der Waals surface area (Å²) in [5, 5.41) is 7.24. The van der Waals surface area contributed by atoms with Crippen LogP contribution < -0.4 is 19.6 Å². The number of hydrogen-bond donors (Lipinski definition) is 0. The van der Waals surface area contributed by atoms with Crippen molar-refractivity contribution in [1.82, 2.24) is 0 Å². The van der Waals surface area contributed by atoms with Gasteiger partial charge >= 0.3 is 0 Å². The maximum atomic E-state index is 2.46. The van der Waals surface area contributed by atoms with Gasteiger partial charge in [0.05, 0.1) is 45.5 Å². The highest BCUT2D eigenvalue weighted by Crippen LogP contribution is 2.56. The molecule has 0 unspecified atom stereocenters. The van der Waals surface area contributed by atoms with Crippen LogP contribution in [0.2, 0.25) is 0 Å². The molecule has 0 spiro atoms. The van der Waals surface area contributed by atoms with Gasteiger partial charge in [0.1, 0.15) is 0 Å².